The molecule has 3 nitrogen and oxygen atoms in total. The van der Waals surface area contributed by atoms with Crippen LogP contribution in [0.4, 0.5) is 4.39 Å². The molecule has 0 radical (unpaired) electrons. The third-order valence-electron chi connectivity index (χ3n) is 2.43. The van der Waals surface area contributed by atoms with Gasteiger partial charge in [-0.15, -0.1) is 0 Å². The first-order chi connectivity index (χ1) is 7.89. The highest BCUT2D eigenvalue weighted by Crippen LogP contribution is 2.19. The third-order valence-corrected chi connectivity index (χ3v) is 5.01. The lowest BCUT2D eigenvalue weighted by Gasteiger charge is -2.17. The Morgan fingerprint density at radius 1 is 1.41 bits per heavy atom. The second-order valence-corrected chi connectivity index (χ2v) is 6.59. The Bertz CT molecular complexity index is 490. The number of sulfonamides is 1. The number of nitrogens with zero attached hydrogens (tertiary/aromatic N) is 1. The van der Waals surface area contributed by atoms with E-state index in [9.17, 15) is 12.8 Å². The van der Waals surface area contributed by atoms with Gasteiger partial charge in [0, 0.05) is 18.9 Å². The Morgan fingerprint density at radius 2 is 2.06 bits per heavy atom. The molecule has 0 amide bonds. The number of hydrogen-bond acceptors (Lipinski definition) is 2. The first-order valence-electron chi connectivity index (χ1n) is 5.18. The summed E-state index contributed by atoms with van der Waals surface area (Å²) in [5.74, 6) is -0.426. The van der Waals surface area contributed by atoms with E-state index < -0.39 is 15.8 Å². The molecule has 96 valence electrons. The van der Waals surface area contributed by atoms with Gasteiger partial charge in [0.15, 0.2) is 0 Å². The summed E-state index contributed by atoms with van der Waals surface area (Å²) in [4.78, 5) is 0.163. The van der Waals surface area contributed by atoms with Crippen molar-refractivity contribution in [1.82, 2.24) is 4.31 Å². The molecule has 0 aromatic heterocycles. The summed E-state index contributed by atoms with van der Waals surface area (Å²) in [5.41, 5.74) is 0.427. The minimum Gasteiger partial charge on any atom is -0.207 e. The standard InChI is InChI=1S/C11H15BrFNO2S/c1-9-8-10(13)4-5-11(9)17(15,16)14(2)7-3-6-12/h4-5,8H,3,6-7H2,1-2H3. The molecule has 17 heavy (non-hydrogen) atoms. The third kappa shape index (κ3) is 3.50. The molecule has 0 saturated carbocycles. The molecule has 0 atom stereocenters. The van der Waals surface area contributed by atoms with Crippen LogP contribution in [0, 0.1) is 12.7 Å². The van der Waals surface area contributed by atoms with Gasteiger partial charge in [0.1, 0.15) is 5.82 Å². The lowest BCUT2D eigenvalue weighted by Crippen LogP contribution is -2.28. The highest BCUT2D eigenvalue weighted by atomic mass is 79.9. The molecular formula is C11H15BrFNO2S. The molecule has 1 rings (SSSR count). The zero-order chi connectivity index (χ0) is 13.1. The molecule has 1 aromatic carbocycles. The molecule has 0 heterocycles. The predicted octanol–water partition coefficient (Wildman–Crippen LogP) is 2.54. The van der Waals surface area contributed by atoms with Crippen molar-refractivity contribution in [1.29, 1.82) is 0 Å². The van der Waals surface area contributed by atoms with Gasteiger partial charge in [-0.25, -0.2) is 17.1 Å². The zero-order valence-corrected chi connectivity index (χ0v) is 12.2. The molecule has 0 bridgehead atoms. The molecule has 0 aliphatic rings. The van der Waals surface area contributed by atoms with Gasteiger partial charge in [-0.1, -0.05) is 15.9 Å². The fourth-order valence-electron chi connectivity index (χ4n) is 1.47. The molecule has 6 heteroatoms. The maximum atomic E-state index is 12.9. The minimum atomic E-state index is -3.51. The van der Waals surface area contributed by atoms with Gasteiger partial charge >= 0.3 is 0 Å². The average molecular weight is 324 g/mol. The molecule has 0 N–H and O–H groups in total. The van der Waals surface area contributed by atoms with Crippen LogP contribution in [-0.4, -0.2) is 31.6 Å². The Balaban J connectivity index is 3.04. The van der Waals surface area contributed by atoms with E-state index in [1.165, 1.54) is 23.5 Å². The van der Waals surface area contributed by atoms with Crippen LogP contribution in [0.1, 0.15) is 12.0 Å². The van der Waals surface area contributed by atoms with E-state index in [0.717, 1.165) is 17.8 Å². The van der Waals surface area contributed by atoms with E-state index in [2.05, 4.69) is 15.9 Å². The fourth-order valence-corrected chi connectivity index (χ4v) is 3.13. The van der Waals surface area contributed by atoms with E-state index in [-0.39, 0.29) is 4.90 Å². The van der Waals surface area contributed by atoms with Gasteiger partial charge < -0.3 is 0 Å². The number of hydrogen-bond donors (Lipinski definition) is 0. The van der Waals surface area contributed by atoms with Gasteiger partial charge in [-0.05, 0) is 37.1 Å². The Labute approximate surface area is 110 Å². The Kier molecular flexibility index (Phi) is 5.09. The van der Waals surface area contributed by atoms with Gasteiger partial charge in [0.05, 0.1) is 4.90 Å². The van der Waals surface area contributed by atoms with Crippen molar-refractivity contribution in [2.75, 3.05) is 18.9 Å². The van der Waals surface area contributed by atoms with Crippen molar-refractivity contribution in [3.63, 3.8) is 0 Å². The van der Waals surface area contributed by atoms with Crippen LogP contribution in [0.5, 0.6) is 0 Å². The van der Waals surface area contributed by atoms with Crippen molar-refractivity contribution in [2.45, 2.75) is 18.2 Å². The summed E-state index contributed by atoms with van der Waals surface area (Å²) in [6.45, 7) is 2.03. The smallest absolute Gasteiger partial charge is 0.207 e. The fraction of sp³-hybridized carbons (Fsp3) is 0.455. The highest BCUT2D eigenvalue weighted by Gasteiger charge is 2.22. The second kappa shape index (κ2) is 5.93. The van der Waals surface area contributed by atoms with Crippen LogP contribution in [0.2, 0.25) is 0 Å². The van der Waals surface area contributed by atoms with Crippen LogP contribution < -0.4 is 0 Å². The van der Waals surface area contributed by atoms with Crippen molar-refractivity contribution in [3.05, 3.63) is 29.6 Å². The van der Waals surface area contributed by atoms with Crippen LogP contribution in [0.15, 0.2) is 23.1 Å². The predicted molar refractivity (Wildman–Crippen MR) is 69.4 cm³/mol. The van der Waals surface area contributed by atoms with Crippen molar-refractivity contribution in [2.24, 2.45) is 0 Å². The lowest BCUT2D eigenvalue weighted by atomic mass is 10.2. The Morgan fingerprint density at radius 3 is 2.59 bits per heavy atom. The molecule has 1 aromatic rings. The maximum Gasteiger partial charge on any atom is 0.243 e. The number of halogens is 2. The van der Waals surface area contributed by atoms with E-state index in [1.54, 1.807) is 6.92 Å². The largest absolute Gasteiger partial charge is 0.243 e. The van der Waals surface area contributed by atoms with E-state index in [4.69, 9.17) is 0 Å². The molecule has 0 spiro atoms. The topological polar surface area (TPSA) is 37.4 Å². The summed E-state index contributed by atoms with van der Waals surface area (Å²) in [6.07, 6.45) is 0.732. The first kappa shape index (κ1) is 14.6. The van der Waals surface area contributed by atoms with Crippen molar-refractivity contribution < 1.29 is 12.8 Å². The van der Waals surface area contributed by atoms with E-state index in [1.807, 2.05) is 0 Å². The highest BCUT2D eigenvalue weighted by molar-refractivity contribution is 9.09. The quantitative estimate of drug-likeness (QED) is 0.781. The molecular weight excluding hydrogens is 309 g/mol. The van der Waals surface area contributed by atoms with Gasteiger partial charge in [-0.3, -0.25) is 0 Å². The average Bonchev–Trinajstić information content (AvgIpc) is 2.25. The molecule has 0 fully saturated rings. The molecule has 0 unspecified atom stereocenters. The SMILES string of the molecule is Cc1cc(F)ccc1S(=O)(=O)N(C)CCCBr. The summed E-state index contributed by atoms with van der Waals surface area (Å²) >= 11 is 3.25. The summed E-state index contributed by atoms with van der Waals surface area (Å²) in [6, 6.07) is 3.70. The normalized spacial score (nSPS) is 12.1. The molecule has 0 saturated heterocycles. The van der Waals surface area contributed by atoms with Gasteiger partial charge in [-0.2, -0.15) is 0 Å². The summed E-state index contributed by atoms with van der Waals surface area (Å²) in [5, 5.41) is 0.745. The number of rotatable bonds is 5. The number of aryl methyl sites for hydroxylation is 1. The number of alkyl halides is 1. The van der Waals surface area contributed by atoms with E-state index in [0.29, 0.717) is 12.1 Å². The second-order valence-electron chi connectivity index (χ2n) is 3.78. The molecule has 0 aliphatic carbocycles. The Hall–Kier alpha value is -0.460. The van der Waals surface area contributed by atoms with Crippen LogP contribution in [0.25, 0.3) is 0 Å². The summed E-state index contributed by atoms with van der Waals surface area (Å²) < 4.78 is 38.5. The van der Waals surface area contributed by atoms with Gasteiger partial charge in [0.25, 0.3) is 0 Å². The van der Waals surface area contributed by atoms with Crippen LogP contribution in [-0.2, 0) is 10.0 Å². The van der Waals surface area contributed by atoms with Crippen LogP contribution in [0.3, 0.4) is 0 Å². The van der Waals surface area contributed by atoms with Crippen molar-refractivity contribution >= 4 is 26.0 Å². The first-order valence-corrected chi connectivity index (χ1v) is 7.74. The monoisotopic (exact) mass is 323 g/mol. The van der Waals surface area contributed by atoms with Gasteiger partial charge in [0.2, 0.25) is 10.0 Å². The molecule has 0 aliphatic heterocycles. The van der Waals surface area contributed by atoms with E-state index >= 15 is 0 Å². The zero-order valence-electron chi connectivity index (χ0n) is 9.78. The number of benzene rings is 1. The minimum absolute atomic E-state index is 0.163. The maximum absolute atomic E-state index is 12.9. The summed E-state index contributed by atoms with van der Waals surface area (Å²) in [7, 11) is -1.98. The van der Waals surface area contributed by atoms with Crippen LogP contribution >= 0.6 is 15.9 Å². The van der Waals surface area contributed by atoms with Crippen molar-refractivity contribution in [3.8, 4) is 0 Å². The lowest BCUT2D eigenvalue weighted by molar-refractivity contribution is 0.469.